The summed E-state index contributed by atoms with van der Waals surface area (Å²) in [6.07, 6.45) is 3.77. The van der Waals surface area contributed by atoms with E-state index in [4.69, 9.17) is 0 Å². The Morgan fingerprint density at radius 3 is 2.53 bits per heavy atom. The van der Waals surface area contributed by atoms with E-state index in [2.05, 4.69) is 15.1 Å². The number of hydrogen-bond donors (Lipinski definition) is 2. The molecular formula is C20H21FN4O3S2. The van der Waals surface area contributed by atoms with Crippen molar-refractivity contribution in [2.45, 2.75) is 17.4 Å². The minimum absolute atomic E-state index is 0.236. The summed E-state index contributed by atoms with van der Waals surface area (Å²) < 4.78 is 43.1. The molecule has 10 heteroatoms. The first-order chi connectivity index (χ1) is 14.4. The van der Waals surface area contributed by atoms with Crippen LogP contribution >= 0.6 is 11.8 Å². The molecule has 0 aliphatic carbocycles. The van der Waals surface area contributed by atoms with E-state index >= 15 is 0 Å². The SMILES string of the molecule is CSCCC(NS(=O)(=O)c1ccccc1F)C(=O)Nc1ccn(-c2ccccc2)n1. The van der Waals surface area contributed by atoms with Gasteiger partial charge in [-0.15, -0.1) is 0 Å². The number of rotatable bonds is 9. The average Bonchev–Trinajstić information content (AvgIpc) is 3.20. The Balaban J connectivity index is 1.76. The second-order valence-corrected chi connectivity index (χ2v) is 9.02. The van der Waals surface area contributed by atoms with E-state index in [1.54, 1.807) is 16.9 Å². The van der Waals surface area contributed by atoms with E-state index in [0.29, 0.717) is 5.75 Å². The van der Waals surface area contributed by atoms with Gasteiger partial charge in [-0.3, -0.25) is 4.79 Å². The average molecular weight is 449 g/mol. The fourth-order valence-corrected chi connectivity index (χ4v) is 4.50. The Morgan fingerprint density at radius 1 is 1.13 bits per heavy atom. The molecule has 1 aromatic heterocycles. The minimum Gasteiger partial charge on any atom is -0.308 e. The lowest BCUT2D eigenvalue weighted by atomic mass is 10.2. The summed E-state index contributed by atoms with van der Waals surface area (Å²) in [5.74, 6) is -0.628. The third-order valence-electron chi connectivity index (χ3n) is 4.21. The second-order valence-electron chi connectivity index (χ2n) is 6.36. The summed E-state index contributed by atoms with van der Waals surface area (Å²) >= 11 is 1.47. The molecule has 1 heterocycles. The highest BCUT2D eigenvalue weighted by atomic mass is 32.2. The topological polar surface area (TPSA) is 93.1 Å². The molecule has 3 aromatic rings. The summed E-state index contributed by atoms with van der Waals surface area (Å²) in [4.78, 5) is 12.3. The molecule has 7 nitrogen and oxygen atoms in total. The zero-order chi connectivity index (χ0) is 21.6. The van der Waals surface area contributed by atoms with Crippen molar-refractivity contribution in [1.82, 2.24) is 14.5 Å². The molecule has 0 radical (unpaired) electrons. The highest BCUT2D eigenvalue weighted by Crippen LogP contribution is 2.16. The van der Waals surface area contributed by atoms with E-state index in [-0.39, 0.29) is 12.2 Å². The summed E-state index contributed by atoms with van der Waals surface area (Å²) in [6.45, 7) is 0. The van der Waals surface area contributed by atoms with Gasteiger partial charge < -0.3 is 5.32 Å². The lowest BCUT2D eigenvalue weighted by Gasteiger charge is -2.18. The van der Waals surface area contributed by atoms with Crippen LogP contribution in [0.2, 0.25) is 0 Å². The number of aromatic nitrogens is 2. The number of para-hydroxylation sites is 1. The number of hydrogen-bond acceptors (Lipinski definition) is 5. The fourth-order valence-electron chi connectivity index (χ4n) is 2.72. The van der Waals surface area contributed by atoms with Crippen molar-refractivity contribution in [3.8, 4) is 5.69 Å². The number of thioether (sulfide) groups is 1. The summed E-state index contributed by atoms with van der Waals surface area (Å²) in [6, 6.07) is 14.9. The molecule has 1 amide bonds. The third kappa shape index (κ3) is 5.47. The first kappa shape index (κ1) is 22.0. The standard InChI is InChI=1S/C20H21FN4O3S2/c1-29-14-12-17(24-30(27,28)18-10-6-5-9-16(18)21)20(26)22-19-11-13-25(23-19)15-7-3-2-4-8-15/h2-11,13,17,24H,12,14H2,1H3,(H,22,23,26). The largest absolute Gasteiger partial charge is 0.308 e. The van der Waals surface area contributed by atoms with Gasteiger partial charge in [-0.05, 0) is 42.7 Å². The molecule has 0 bridgehead atoms. The molecule has 1 atom stereocenters. The molecule has 0 aliphatic rings. The Kier molecular flexibility index (Phi) is 7.24. The minimum atomic E-state index is -4.22. The van der Waals surface area contributed by atoms with Crippen LogP contribution in [0.4, 0.5) is 10.2 Å². The lowest BCUT2D eigenvalue weighted by molar-refractivity contribution is -0.117. The third-order valence-corrected chi connectivity index (χ3v) is 6.36. The Labute approximate surface area is 178 Å². The van der Waals surface area contributed by atoms with Crippen LogP contribution in [-0.4, -0.2) is 42.2 Å². The second kappa shape index (κ2) is 9.88. The van der Waals surface area contributed by atoms with Gasteiger partial charge in [0.15, 0.2) is 5.82 Å². The predicted octanol–water partition coefficient (Wildman–Crippen LogP) is 3.05. The van der Waals surface area contributed by atoms with Gasteiger partial charge in [-0.2, -0.15) is 21.6 Å². The number of nitrogens with one attached hydrogen (secondary N) is 2. The van der Waals surface area contributed by atoms with E-state index < -0.39 is 32.7 Å². The van der Waals surface area contributed by atoms with E-state index in [9.17, 15) is 17.6 Å². The quantitative estimate of drug-likeness (QED) is 0.525. The highest BCUT2D eigenvalue weighted by Gasteiger charge is 2.27. The van der Waals surface area contributed by atoms with Crippen LogP contribution in [0.5, 0.6) is 0 Å². The molecule has 0 spiro atoms. The van der Waals surface area contributed by atoms with Crippen LogP contribution in [0.15, 0.2) is 71.8 Å². The monoisotopic (exact) mass is 448 g/mol. The van der Waals surface area contributed by atoms with Gasteiger partial charge in [0.1, 0.15) is 16.8 Å². The summed E-state index contributed by atoms with van der Waals surface area (Å²) in [5, 5.41) is 6.92. The molecule has 0 aliphatic heterocycles. The molecule has 1 unspecified atom stereocenters. The van der Waals surface area contributed by atoms with Crippen LogP contribution in [0, 0.1) is 5.82 Å². The number of halogens is 1. The summed E-state index contributed by atoms with van der Waals surface area (Å²) in [7, 11) is -4.22. The van der Waals surface area contributed by atoms with Crippen LogP contribution in [-0.2, 0) is 14.8 Å². The van der Waals surface area contributed by atoms with Crippen molar-refractivity contribution >= 4 is 33.5 Å². The smallest absolute Gasteiger partial charge is 0.244 e. The number of carbonyl (C=O) groups excluding carboxylic acids is 1. The molecule has 30 heavy (non-hydrogen) atoms. The van der Waals surface area contributed by atoms with Gasteiger partial charge in [-0.25, -0.2) is 17.5 Å². The molecule has 0 fully saturated rings. The maximum atomic E-state index is 14.0. The zero-order valence-electron chi connectivity index (χ0n) is 16.2. The molecule has 3 rings (SSSR count). The number of benzene rings is 2. The van der Waals surface area contributed by atoms with E-state index in [0.717, 1.165) is 17.8 Å². The number of amides is 1. The van der Waals surface area contributed by atoms with Gasteiger partial charge in [0.25, 0.3) is 0 Å². The van der Waals surface area contributed by atoms with E-state index in [1.807, 2.05) is 36.6 Å². The number of sulfonamides is 1. The molecule has 0 saturated carbocycles. The first-order valence-electron chi connectivity index (χ1n) is 9.08. The first-order valence-corrected chi connectivity index (χ1v) is 12.0. The van der Waals surface area contributed by atoms with Gasteiger partial charge in [0.05, 0.1) is 5.69 Å². The van der Waals surface area contributed by atoms with Crippen LogP contribution in [0.25, 0.3) is 5.69 Å². The molecular weight excluding hydrogens is 427 g/mol. The molecule has 2 aromatic carbocycles. The van der Waals surface area contributed by atoms with Crippen LogP contribution in [0.3, 0.4) is 0 Å². The molecule has 0 saturated heterocycles. The Bertz CT molecular complexity index is 1100. The van der Waals surface area contributed by atoms with Crippen molar-refractivity contribution in [3.63, 3.8) is 0 Å². The summed E-state index contributed by atoms with van der Waals surface area (Å²) in [5.41, 5.74) is 0.817. The maximum absolute atomic E-state index is 14.0. The molecule has 2 N–H and O–H groups in total. The van der Waals surface area contributed by atoms with Crippen molar-refractivity contribution < 1.29 is 17.6 Å². The van der Waals surface area contributed by atoms with Crippen molar-refractivity contribution in [1.29, 1.82) is 0 Å². The van der Waals surface area contributed by atoms with Crippen LogP contribution in [0.1, 0.15) is 6.42 Å². The molecule has 158 valence electrons. The number of anilines is 1. The highest BCUT2D eigenvalue weighted by molar-refractivity contribution is 7.98. The predicted molar refractivity (Wildman–Crippen MR) is 116 cm³/mol. The normalized spacial score (nSPS) is 12.5. The Hall–Kier alpha value is -2.69. The van der Waals surface area contributed by atoms with Crippen molar-refractivity contribution in [2.75, 3.05) is 17.3 Å². The number of nitrogens with zero attached hydrogens (tertiary/aromatic N) is 2. The Morgan fingerprint density at radius 2 is 1.83 bits per heavy atom. The van der Waals surface area contributed by atoms with Gasteiger partial charge in [0, 0.05) is 12.3 Å². The van der Waals surface area contributed by atoms with Crippen molar-refractivity contribution in [3.05, 3.63) is 72.7 Å². The van der Waals surface area contributed by atoms with E-state index in [1.165, 1.54) is 23.9 Å². The fraction of sp³-hybridized carbons (Fsp3) is 0.200. The van der Waals surface area contributed by atoms with Gasteiger partial charge in [-0.1, -0.05) is 30.3 Å². The van der Waals surface area contributed by atoms with Gasteiger partial charge >= 0.3 is 0 Å². The van der Waals surface area contributed by atoms with Crippen LogP contribution < -0.4 is 10.0 Å². The zero-order valence-corrected chi connectivity index (χ0v) is 17.8. The van der Waals surface area contributed by atoms with Gasteiger partial charge in [0.2, 0.25) is 15.9 Å². The number of carbonyl (C=O) groups is 1. The lowest BCUT2D eigenvalue weighted by Crippen LogP contribution is -2.44. The maximum Gasteiger partial charge on any atom is 0.244 e. The van der Waals surface area contributed by atoms with Crippen molar-refractivity contribution in [2.24, 2.45) is 0 Å².